The van der Waals surface area contributed by atoms with Gasteiger partial charge in [-0.3, -0.25) is 14.9 Å². The lowest BCUT2D eigenvalue weighted by Gasteiger charge is -2.32. The van der Waals surface area contributed by atoms with Crippen molar-refractivity contribution >= 4 is 28.3 Å². The molecule has 3 aromatic rings. The van der Waals surface area contributed by atoms with Crippen LogP contribution >= 0.6 is 0 Å². The first kappa shape index (κ1) is 20.6. The Balaban J connectivity index is 1.50. The summed E-state index contributed by atoms with van der Waals surface area (Å²) in [6, 6.07) is 12.6. The van der Waals surface area contributed by atoms with Crippen LogP contribution in [0.3, 0.4) is 0 Å². The molecule has 0 bridgehead atoms. The number of piperazine rings is 1. The van der Waals surface area contributed by atoms with Gasteiger partial charge < -0.3 is 14.8 Å². The number of H-pyrrole nitrogens is 1. The maximum absolute atomic E-state index is 12.7. The van der Waals surface area contributed by atoms with Crippen molar-refractivity contribution in [1.82, 2.24) is 19.8 Å². The number of carbonyl (C=O) groups is 1. The second-order valence-electron chi connectivity index (χ2n) is 7.50. The number of quaternary nitrogens is 1. The van der Waals surface area contributed by atoms with Crippen LogP contribution in [0.5, 0.6) is 0 Å². The highest BCUT2D eigenvalue weighted by Crippen LogP contribution is 2.15. The minimum absolute atomic E-state index is 0.0355. The van der Waals surface area contributed by atoms with Gasteiger partial charge in [-0.15, -0.1) is 0 Å². The molecule has 2 aromatic heterocycles. The van der Waals surface area contributed by atoms with E-state index in [1.807, 2.05) is 23.1 Å². The van der Waals surface area contributed by atoms with Gasteiger partial charge in [-0.25, -0.2) is 10.5 Å². The number of aromatic nitrogens is 2. The summed E-state index contributed by atoms with van der Waals surface area (Å²) in [6.45, 7) is 3.23. The number of nitrogens with zero attached hydrogens (tertiary/aromatic N) is 4. The van der Waals surface area contributed by atoms with E-state index >= 15 is 0 Å². The van der Waals surface area contributed by atoms with Crippen molar-refractivity contribution in [3.05, 3.63) is 76.3 Å². The Hall–Kier alpha value is -3.69. The van der Waals surface area contributed by atoms with Crippen LogP contribution in [0.2, 0.25) is 0 Å². The molecule has 0 spiro atoms. The molecule has 0 aliphatic carbocycles. The van der Waals surface area contributed by atoms with Gasteiger partial charge >= 0.3 is 0 Å². The number of pyridine rings is 2. The molecule has 158 valence electrons. The van der Waals surface area contributed by atoms with Gasteiger partial charge in [0.25, 0.3) is 11.5 Å². The molecule has 1 aliphatic heterocycles. The summed E-state index contributed by atoms with van der Waals surface area (Å²) in [5, 5.41) is 6.06. The predicted octanol–water partition coefficient (Wildman–Crippen LogP) is 1.54. The maximum atomic E-state index is 12.7. The number of benzene rings is 1. The van der Waals surface area contributed by atoms with Gasteiger partial charge in [0.1, 0.15) is 17.5 Å². The molecule has 3 heterocycles. The summed E-state index contributed by atoms with van der Waals surface area (Å²) in [7, 11) is 2.06. The summed E-state index contributed by atoms with van der Waals surface area (Å²) >= 11 is 0. The van der Waals surface area contributed by atoms with Gasteiger partial charge in [0.2, 0.25) is 0 Å². The van der Waals surface area contributed by atoms with E-state index in [1.54, 1.807) is 42.0 Å². The molecule has 31 heavy (non-hydrogen) atoms. The number of carbonyl (C=O) groups excluding carboxylic acids is 1. The fourth-order valence-electron chi connectivity index (χ4n) is 3.52. The van der Waals surface area contributed by atoms with Gasteiger partial charge in [-0.1, -0.05) is 0 Å². The fraction of sp³-hybridized carbons (Fsp3) is 0.227. The standard InChI is InChI=1S/C22H23N7O2/c1-28-9-11-29(12-10-28)22(31)15-4-6-17(7-5-15)25-14-19(27-23)18-13-16-3-2-8-24-20(16)26-21(18)30/h2-8,13-14,23,25H,9-12H2,1H3,(H,24,26,30)/p+1. The zero-order valence-corrected chi connectivity index (χ0v) is 17.2. The van der Waals surface area contributed by atoms with Gasteiger partial charge in [0.05, 0.1) is 5.56 Å². The average Bonchev–Trinajstić information content (AvgIpc) is 2.80. The third-order valence-corrected chi connectivity index (χ3v) is 5.39. The first-order chi connectivity index (χ1) is 15.0. The maximum Gasteiger partial charge on any atom is 0.259 e. The van der Waals surface area contributed by atoms with Gasteiger partial charge in [0, 0.05) is 55.5 Å². The van der Waals surface area contributed by atoms with Crippen molar-refractivity contribution in [1.29, 1.82) is 5.53 Å². The van der Waals surface area contributed by atoms with Crippen LogP contribution in [0.4, 0.5) is 5.69 Å². The number of amides is 1. The average molecular weight is 418 g/mol. The van der Waals surface area contributed by atoms with Crippen LogP contribution in [-0.2, 0) is 0 Å². The van der Waals surface area contributed by atoms with E-state index < -0.39 is 0 Å². The largest absolute Gasteiger partial charge is 0.336 e. The first-order valence-electron chi connectivity index (χ1n) is 10.0. The van der Waals surface area contributed by atoms with Crippen molar-refractivity contribution in [2.45, 2.75) is 0 Å². The lowest BCUT2D eigenvalue weighted by Crippen LogP contribution is -2.71. The molecule has 1 saturated heterocycles. The molecule has 1 fully saturated rings. The van der Waals surface area contributed by atoms with Crippen molar-refractivity contribution in [3.8, 4) is 0 Å². The number of fused-ring (bicyclic) bond motifs is 1. The van der Waals surface area contributed by atoms with E-state index in [1.165, 1.54) is 0 Å². The Labute approximate surface area is 178 Å². The zero-order valence-electron chi connectivity index (χ0n) is 17.2. The van der Waals surface area contributed by atoms with E-state index in [0.717, 1.165) is 37.3 Å². The Kier molecular flexibility index (Phi) is 5.96. The van der Waals surface area contributed by atoms with Gasteiger partial charge in [-0.05, 0) is 37.4 Å². The van der Waals surface area contributed by atoms with E-state index in [9.17, 15) is 9.59 Å². The van der Waals surface area contributed by atoms with Crippen molar-refractivity contribution in [2.24, 2.45) is 5.11 Å². The molecule has 9 nitrogen and oxygen atoms in total. The Morgan fingerprint density at radius 2 is 1.94 bits per heavy atom. The second-order valence-corrected chi connectivity index (χ2v) is 7.50. The molecular weight excluding hydrogens is 394 g/mol. The summed E-state index contributed by atoms with van der Waals surface area (Å²) < 4.78 is 0. The molecule has 1 aliphatic rings. The Morgan fingerprint density at radius 1 is 1.19 bits per heavy atom. The normalized spacial score (nSPS) is 15.3. The van der Waals surface area contributed by atoms with Crippen LogP contribution in [0.15, 0.2) is 64.8 Å². The lowest BCUT2D eigenvalue weighted by atomic mass is 10.1. The third-order valence-electron chi connectivity index (χ3n) is 5.39. The molecule has 9 heteroatoms. The molecule has 0 unspecified atom stereocenters. The molecule has 1 aromatic carbocycles. The van der Waals surface area contributed by atoms with Gasteiger partial charge in [-0.2, -0.15) is 5.11 Å². The third kappa shape index (κ3) is 4.57. The summed E-state index contributed by atoms with van der Waals surface area (Å²) in [5.41, 5.74) is 9.67. The topological polar surface area (TPSA) is 122 Å². The lowest BCUT2D eigenvalue weighted by molar-refractivity contribution is -0.495. The number of nitrogens with two attached hydrogens (primary N) is 1. The number of hydrogen-bond acceptors (Lipinski definition) is 6. The summed E-state index contributed by atoms with van der Waals surface area (Å²) in [6.07, 6.45) is 3.23. The molecular formula is C22H24N7O2+. The number of nitrogens with one attached hydrogen (secondary N) is 2. The number of rotatable bonds is 5. The smallest absolute Gasteiger partial charge is 0.259 e. The van der Waals surface area contributed by atoms with Crippen molar-refractivity contribution in [3.63, 3.8) is 0 Å². The Morgan fingerprint density at radius 3 is 2.65 bits per heavy atom. The van der Waals surface area contributed by atoms with E-state index in [2.05, 4.69) is 27.0 Å². The minimum atomic E-state index is -0.352. The first-order valence-corrected chi connectivity index (χ1v) is 10.0. The van der Waals surface area contributed by atoms with Gasteiger partial charge in [0.15, 0.2) is 5.70 Å². The highest BCUT2D eigenvalue weighted by Gasteiger charge is 2.20. The van der Waals surface area contributed by atoms with Crippen molar-refractivity contribution < 1.29 is 10.1 Å². The second kappa shape index (κ2) is 8.99. The fourth-order valence-corrected chi connectivity index (χ4v) is 3.52. The zero-order chi connectivity index (χ0) is 21.8. The van der Waals surface area contributed by atoms with Crippen molar-refractivity contribution in [2.75, 3.05) is 33.2 Å². The number of hydrogen-bond donors (Lipinski definition) is 3. The molecule has 0 radical (unpaired) electrons. The Bertz CT molecular complexity index is 1190. The summed E-state index contributed by atoms with van der Waals surface area (Å²) in [5.74, 6) is 0.0355. The molecule has 0 atom stereocenters. The highest BCUT2D eigenvalue weighted by atomic mass is 16.2. The highest BCUT2D eigenvalue weighted by molar-refractivity contribution is 5.94. The molecule has 4 rings (SSSR count). The SMILES string of the molecule is CN1CCN(C(=O)c2ccc([NH2+]C=C(N=N)c3cc4cccnc4[nH]c3=O)cc2)CC1. The van der Waals surface area contributed by atoms with E-state index in [4.69, 9.17) is 5.53 Å². The molecule has 0 saturated carbocycles. The van der Waals surface area contributed by atoms with Crippen LogP contribution in [0.25, 0.3) is 16.7 Å². The van der Waals surface area contributed by atoms with E-state index in [0.29, 0.717) is 16.8 Å². The van der Waals surface area contributed by atoms with Crippen LogP contribution in [-0.4, -0.2) is 58.9 Å². The van der Waals surface area contributed by atoms with Crippen LogP contribution in [0.1, 0.15) is 15.9 Å². The molecule has 1 amide bonds. The van der Waals surface area contributed by atoms with Crippen LogP contribution < -0.4 is 10.9 Å². The van der Waals surface area contributed by atoms with Crippen LogP contribution in [0, 0.1) is 5.53 Å². The number of aromatic amines is 1. The molecule has 4 N–H and O–H groups in total. The summed E-state index contributed by atoms with van der Waals surface area (Å²) in [4.78, 5) is 36.0. The predicted molar refractivity (Wildman–Crippen MR) is 117 cm³/mol. The monoisotopic (exact) mass is 418 g/mol. The quantitative estimate of drug-likeness (QED) is 0.430. The van der Waals surface area contributed by atoms with E-state index in [-0.39, 0.29) is 17.2 Å². The number of likely N-dealkylation sites (N-methyl/N-ethyl adjacent to an activating group) is 1. The minimum Gasteiger partial charge on any atom is -0.336 e.